The fourth-order valence-electron chi connectivity index (χ4n) is 2.89. The van der Waals surface area contributed by atoms with Gasteiger partial charge in [-0.2, -0.15) is 0 Å². The molecule has 2 aromatic rings. The standard InChI is InChI=1S/C16H19N3O2/c1-10-12(17)7-8-19(10)16(20)15-11-5-3-4-6-13(11)18-9-14(15)21-2/h3-6,9-10,12H,7-8,17H2,1-2H3/t10-,12-/m0/s1. The maximum atomic E-state index is 13.0. The minimum atomic E-state index is -0.0362. The van der Waals surface area contributed by atoms with Crippen LogP contribution in [-0.2, 0) is 0 Å². The van der Waals surface area contributed by atoms with Gasteiger partial charge in [0.1, 0.15) is 0 Å². The highest BCUT2D eigenvalue weighted by molar-refractivity contribution is 6.08. The Bertz CT molecular complexity index is 686. The van der Waals surface area contributed by atoms with Gasteiger partial charge in [0, 0.05) is 24.0 Å². The van der Waals surface area contributed by atoms with E-state index in [2.05, 4.69) is 4.98 Å². The fourth-order valence-corrected chi connectivity index (χ4v) is 2.89. The third-order valence-electron chi connectivity index (χ3n) is 4.25. The van der Waals surface area contributed by atoms with Crippen LogP contribution >= 0.6 is 0 Å². The molecule has 2 N–H and O–H groups in total. The summed E-state index contributed by atoms with van der Waals surface area (Å²) >= 11 is 0. The van der Waals surface area contributed by atoms with Crippen molar-refractivity contribution in [3.63, 3.8) is 0 Å². The summed E-state index contributed by atoms with van der Waals surface area (Å²) in [6.07, 6.45) is 2.44. The van der Waals surface area contributed by atoms with E-state index in [9.17, 15) is 4.79 Å². The monoisotopic (exact) mass is 285 g/mol. The molecular weight excluding hydrogens is 266 g/mol. The van der Waals surface area contributed by atoms with Crippen LogP contribution in [0.25, 0.3) is 10.9 Å². The molecule has 1 amide bonds. The van der Waals surface area contributed by atoms with Gasteiger partial charge < -0.3 is 15.4 Å². The zero-order valence-corrected chi connectivity index (χ0v) is 12.2. The van der Waals surface area contributed by atoms with Gasteiger partial charge in [0.2, 0.25) is 0 Å². The number of aromatic nitrogens is 1. The highest BCUT2D eigenvalue weighted by Crippen LogP contribution is 2.29. The van der Waals surface area contributed by atoms with Gasteiger partial charge in [-0.15, -0.1) is 0 Å². The van der Waals surface area contributed by atoms with E-state index in [1.165, 1.54) is 0 Å². The molecule has 0 radical (unpaired) electrons. The third kappa shape index (κ3) is 2.23. The van der Waals surface area contributed by atoms with Gasteiger partial charge in [0.05, 0.1) is 24.4 Å². The average molecular weight is 285 g/mol. The van der Waals surface area contributed by atoms with Crippen molar-refractivity contribution in [2.45, 2.75) is 25.4 Å². The number of rotatable bonds is 2. The third-order valence-corrected chi connectivity index (χ3v) is 4.25. The van der Waals surface area contributed by atoms with E-state index in [0.29, 0.717) is 17.9 Å². The summed E-state index contributed by atoms with van der Waals surface area (Å²) in [5.41, 5.74) is 7.39. The SMILES string of the molecule is COc1cnc2ccccc2c1C(=O)N1CC[C@H](N)[C@@H]1C. The lowest BCUT2D eigenvalue weighted by Crippen LogP contribution is -2.40. The molecule has 0 spiro atoms. The maximum Gasteiger partial charge on any atom is 0.258 e. The number of fused-ring (bicyclic) bond motifs is 1. The number of carbonyl (C=O) groups is 1. The minimum absolute atomic E-state index is 0.0352. The predicted octanol–water partition coefficient (Wildman–Crippen LogP) is 1.81. The Morgan fingerprint density at radius 1 is 1.43 bits per heavy atom. The average Bonchev–Trinajstić information content (AvgIpc) is 2.85. The second kappa shape index (κ2) is 5.33. The number of amides is 1. The first-order valence-corrected chi connectivity index (χ1v) is 7.11. The highest BCUT2D eigenvalue weighted by Gasteiger charge is 2.33. The lowest BCUT2D eigenvalue weighted by molar-refractivity contribution is 0.0741. The number of nitrogens with zero attached hydrogens (tertiary/aromatic N) is 2. The number of nitrogens with two attached hydrogens (primary N) is 1. The van der Waals surface area contributed by atoms with Crippen LogP contribution in [0.4, 0.5) is 0 Å². The van der Waals surface area contributed by atoms with E-state index < -0.39 is 0 Å². The molecule has 21 heavy (non-hydrogen) atoms. The first kappa shape index (κ1) is 13.8. The lowest BCUT2D eigenvalue weighted by atomic mass is 10.1. The predicted molar refractivity (Wildman–Crippen MR) is 81.4 cm³/mol. The van der Waals surface area contributed by atoms with Crippen molar-refractivity contribution in [2.75, 3.05) is 13.7 Å². The molecule has 0 saturated carbocycles. The van der Waals surface area contributed by atoms with Crippen molar-refractivity contribution in [1.29, 1.82) is 0 Å². The Labute approximate surface area is 123 Å². The summed E-state index contributed by atoms with van der Waals surface area (Å²) in [4.78, 5) is 19.1. The highest BCUT2D eigenvalue weighted by atomic mass is 16.5. The largest absolute Gasteiger partial charge is 0.494 e. The summed E-state index contributed by atoms with van der Waals surface area (Å²) in [6.45, 7) is 2.67. The number of methoxy groups -OCH3 is 1. The molecule has 1 aromatic carbocycles. The smallest absolute Gasteiger partial charge is 0.258 e. The van der Waals surface area contributed by atoms with Crippen LogP contribution in [0.3, 0.4) is 0 Å². The lowest BCUT2D eigenvalue weighted by Gasteiger charge is -2.24. The Hall–Kier alpha value is -2.14. The molecule has 0 aliphatic carbocycles. The first-order valence-electron chi connectivity index (χ1n) is 7.11. The second-order valence-corrected chi connectivity index (χ2v) is 5.41. The molecule has 2 heterocycles. The molecule has 1 aliphatic rings. The van der Waals surface area contributed by atoms with Crippen LogP contribution in [-0.4, -0.2) is 41.5 Å². The molecule has 3 rings (SSSR count). The second-order valence-electron chi connectivity index (χ2n) is 5.41. The van der Waals surface area contributed by atoms with Gasteiger partial charge in [0.15, 0.2) is 5.75 Å². The normalized spacial score (nSPS) is 21.8. The number of ether oxygens (including phenoxy) is 1. The Morgan fingerprint density at radius 3 is 2.86 bits per heavy atom. The van der Waals surface area contributed by atoms with Crippen LogP contribution in [0.2, 0.25) is 0 Å². The molecule has 2 atom stereocenters. The van der Waals surface area contributed by atoms with Crippen molar-refractivity contribution < 1.29 is 9.53 Å². The van der Waals surface area contributed by atoms with E-state index in [1.54, 1.807) is 13.3 Å². The van der Waals surface area contributed by atoms with Crippen molar-refractivity contribution in [3.05, 3.63) is 36.0 Å². The Balaban J connectivity index is 2.12. The maximum absolute atomic E-state index is 13.0. The summed E-state index contributed by atoms with van der Waals surface area (Å²) in [7, 11) is 1.56. The van der Waals surface area contributed by atoms with Crippen LogP contribution in [0.5, 0.6) is 5.75 Å². The van der Waals surface area contributed by atoms with Gasteiger partial charge in [-0.1, -0.05) is 18.2 Å². The minimum Gasteiger partial charge on any atom is -0.494 e. The van der Waals surface area contributed by atoms with Gasteiger partial charge in [-0.05, 0) is 19.4 Å². The molecule has 110 valence electrons. The number of benzene rings is 1. The number of hydrogen-bond donors (Lipinski definition) is 1. The van der Waals surface area contributed by atoms with Gasteiger partial charge in [-0.25, -0.2) is 0 Å². The number of hydrogen-bond acceptors (Lipinski definition) is 4. The molecule has 1 fully saturated rings. The molecule has 5 heteroatoms. The van der Waals surface area contributed by atoms with E-state index in [0.717, 1.165) is 17.3 Å². The summed E-state index contributed by atoms with van der Waals surface area (Å²) < 4.78 is 5.35. The van der Waals surface area contributed by atoms with Gasteiger partial charge in [0.25, 0.3) is 5.91 Å². The number of para-hydroxylation sites is 1. The number of pyridine rings is 1. The number of likely N-dealkylation sites (tertiary alicyclic amines) is 1. The molecule has 1 aromatic heterocycles. The van der Waals surface area contributed by atoms with Crippen molar-refractivity contribution >= 4 is 16.8 Å². The Kier molecular flexibility index (Phi) is 3.51. The van der Waals surface area contributed by atoms with Gasteiger partial charge in [-0.3, -0.25) is 9.78 Å². The fraction of sp³-hybridized carbons (Fsp3) is 0.375. The van der Waals surface area contributed by atoms with E-state index in [-0.39, 0.29) is 18.0 Å². The first-order chi connectivity index (χ1) is 10.1. The van der Waals surface area contributed by atoms with Crippen LogP contribution < -0.4 is 10.5 Å². The zero-order valence-electron chi connectivity index (χ0n) is 12.2. The molecule has 0 bridgehead atoms. The van der Waals surface area contributed by atoms with Gasteiger partial charge >= 0.3 is 0 Å². The van der Waals surface area contributed by atoms with Crippen molar-refractivity contribution in [2.24, 2.45) is 5.73 Å². The topological polar surface area (TPSA) is 68.5 Å². The van der Waals surface area contributed by atoms with E-state index in [1.807, 2.05) is 36.1 Å². The quantitative estimate of drug-likeness (QED) is 0.913. The Morgan fingerprint density at radius 2 is 2.19 bits per heavy atom. The van der Waals surface area contributed by atoms with E-state index in [4.69, 9.17) is 10.5 Å². The summed E-state index contributed by atoms with van der Waals surface area (Å²) in [5.74, 6) is 0.470. The summed E-state index contributed by atoms with van der Waals surface area (Å²) in [6, 6.07) is 7.68. The molecule has 0 unspecified atom stereocenters. The molecule has 1 saturated heterocycles. The summed E-state index contributed by atoms with van der Waals surface area (Å²) in [5, 5.41) is 0.814. The molecule has 1 aliphatic heterocycles. The van der Waals surface area contributed by atoms with E-state index >= 15 is 0 Å². The molecular formula is C16H19N3O2. The molecule has 5 nitrogen and oxygen atoms in total. The van der Waals surface area contributed by atoms with Crippen LogP contribution in [0.15, 0.2) is 30.5 Å². The van der Waals surface area contributed by atoms with Crippen molar-refractivity contribution in [3.8, 4) is 5.75 Å². The van der Waals surface area contributed by atoms with Crippen molar-refractivity contribution in [1.82, 2.24) is 9.88 Å². The van der Waals surface area contributed by atoms with Crippen LogP contribution in [0, 0.1) is 0 Å². The number of carbonyl (C=O) groups excluding carboxylic acids is 1. The zero-order chi connectivity index (χ0) is 15.0. The van der Waals surface area contributed by atoms with Crippen LogP contribution in [0.1, 0.15) is 23.7 Å².